The molecule has 0 spiro atoms. The number of oxime groups is 1. The molecule has 0 amide bonds. The number of amidine groups is 1. The highest BCUT2D eigenvalue weighted by Gasteiger charge is 2.08. The zero-order chi connectivity index (χ0) is 20.6. The van der Waals surface area contributed by atoms with Crippen LogP contribution in [0.4, 0.5) is 0 Å². The van der Waals surface area contributed by atoms with E-state index in [4.69, 9.17) is 19.7 Å². The zero-order valence-electron chi connectivity index (χ0n) is 16.1. The minimum atomic E-state index is 0.0266. The molecule has 1 aromatic heterocycles. The van der Waals surface area contributed by atoms with Gasteiger partial charge in [0.15, 0.2) is 12.4 Å². The monoisotopic (exact) mass is 400 g/mol. The molecule has 7 nitrogen and oxygen atoms in total. The molecule has 0 radical (unpaired) electrons. The highest BCUT2D eigenvalue weighted by molar-refractivity contribution is 5.97. The Morgan fingerprint density at radius 1 is 0.833 bits per heavy atom. The van der Waals surface area contributed by atoms with Gasteiger partial charge in [0.25, 0.3) is 5.89 Å². The van der Waals surface area contributed by atoms with Gasteiger partial charge in [0.05, 0.1) is 0 Å². The van der Waals surface area contributed by atoms with Crippen LogP contribution in [-0.4, -0.2) is 16.0 Å². The lowest BCUT2D eigenvalue weighted by Gasteiger charge is -2.07. The van der Waals surface area contributed by atoms with Crippen molar-refractivity contribution in [3.05, 3.63) is 102 Å². The first-order chi connectivity index (χ1) is 14.8. The molecule has 7 heteroatoms. The maximum absolute atomic E-state index is 5.99. The molecule has 4 aromatic rings. The predicted octanol–water partition coefficient (Wildman–Crippen LogP) is 4.15. The van der Waals surface area contributed by atoms with Crippen molar-refractivity contribution in [3.63, 3.8) is 0 Å². The number of ether oxygens (including phenoxy) is 1. The Morgan fingerprint density at radius 3 is 2.27 bits per heavy atom. The summed E-state index contributed by atoms with van der Waals surface area (Å²) in [6, 6.07) is 26.8. The standard InChI is InChI=1S/C23H20N4O3/c24-22(18-11-13-20(14-12-18)28-15-17-7-3-1-4-8-17)27-29-16-21-25-26-23(30-21)19-9-5-2-6-10-19/h1-14H,15-16H2,(H2,24,27). The Morgan fingerprint density at radius 2 is 1.53 bits per heavy atom. The molecule has 4 rings (SSSR count). The third-order valence-corrected chi connectivity index (χ3v) is 4.24. The Labute approximate surface area is 173 Å². The molecule has 30 heavy (non-hydrogen) atoms. The molecule has 0 fully saturated rings. The molecule has 0 saturated heterocycles. The summed E-state index contributed by atoms with van der Waals surface area (Å²) in [5, 5.41) is 11.9. The van der Waals surface area contributed by atoms with Gasteiger partial charge in [0.2, 0.25) is 5.89 Å². The SMILES string of the molecule is N/C(=N/OCc1nnc(-c2ccccc2)o1)c1ccc(OCc2ccccc2)cc1. The molecule has 3 aromatic carbocycles. The van der Waals surface area contributed by atoms with Crippen LogP contribution in [0.15, 0.2) is 94.5 Å². The Kier molecular flexibility index (Phi) is 6.00. The van der Waals surface area contributed by atoms with Crippen molar-refractivity contribution >= 4 is 5.84 Å². The molecule has 0 aliphatic rings. The molecule has 1 heterocycles. The van der Waals surface area contributed by atoms with Gasteiger partial charge in [-0.1, -0.05) is 53.7 Å². The van der Waals surface area contributed by atoms with E-state index in [1.165, 1.54) is 0 Å². The summed E-state index contributed by atoms with van der Waals surface area (Å²) in [4.78, 5) is 5.26. The first kappa shape index (κ1) is 19.2. The molecule has 2 N–H and O–H groups in total. The highest BCUT2D eigenvalue weighted by atomic mass is 16.6. The Balaban J connectivity index is 1.30. The average molecular weight is 400 g/mol. The molecule has 0 aliphatic carbocycles. The average Bonchev–Trinajstić information content (AvgIpc) is 3.28. The third kappa shape index (κ3) is 5.02. The van der Waals surface area contributed by atoms with Crippen molar-refractivity contribution in [1.82, 2.24) is 10.2 Å². The summed E-state index contributed by atoms with van der Waals surface area (Å²) in [5.74, 6) is 1.73. The van der Waals surface area contributed by atoms with Crippen LogP contribution in [0, 0.1) is 0 Å². The van der Waals surface area contributed by atoms with Crippen LogP contribution < -0.4 is 10.5 Å². The van der Waals surface area contributed by atoms with E-state index in [0.29, 0.717) is 18.4 Å². The first-order valence-corrected chi connectivity index (χ1v) is 9.38. The van der Waals surface area contributed by atoms with Crippen LogP contribution in [0.2, 0.25) is 0 Å². The molecule has 0 atom stereocenters. The number of aromatic nitrogens is 2. The van der Waals surface area contributed by atoms with Gasteiger partial charge in [-0.15, -0.1) is 10.2 Å². The lowest BCUT2D eigenvalue weighted by Crippen LogP contribution is -2.13. The summed E-state index contributed by atoms with van der Waals surface area (Å²) < 4.78 is 11.3. The van der Waals surface area contributed by atoms with Gasteiger partial charge in [0, 0.05) is 11.1 Å². The number of nitrogens with two attached hydrogens (primary N) is 1. The molecule has 0 bridgehead atoms. The quantitative estimate of drug-likeness (QED) is 0.271. The summed E-state index contributed by atoms with van der Waals surface area (Å²) >= 11 is 0. The number of hydrogen-bond acceptors (Lipinski definition) is 6. The lowest BCUT2D eigenvalue weighted by atomic mass is 10.2. The van der Waals surface area contributed by atoms with Crippen LogP contribution in [0.1, 0.15) is 17.0 Å². The molecule has 150 valence electrons. The van der Waals surface area contributed by atoms with Gasteiger partial charge in [-0.2, -0.15) is 0 Å². The summed E-state index contributed by atoms with van der Waals surface area (Å²) in [7, 11) is 0. The Bertz CT molecular complexity index is 1090. The predicted molar refractivity (Wildman–Crippen MR) is 112 cm³/mol. The summed E-state index contributed by atoms with van der Waals surface area (Å²) in [5.41, 5.74) is 8.65. The fourth-order valence-electron chi connectivity index (χ4n) is 2.68. The summed E-state index contributed by atoms with van der Waals surface area (Å²) in [6.45, 7) is 0.529. The first-order valence-electron chi connectivity index (χ1n) is 9.38. The largest absolute Gasteiger partial charge is 0.489 e. The third-order valence-electron chi connectivity index (χ3n) is 4.24. The van der Waals surface area contributed by atoms with Crippen molar-refractivity contribution in [3.8, 4) is 17.2 Å². The van der Waals surface area contributed by atoms with E-state index in [0.717, 1.165) is 22.4 Å². The van der Waals surface area contributed by atoms with E-state index in [1.54, 1.807) is 0 Å². The number of hydrogen-bond donors (Lipinski definition) is 1. The van der Waals surface area contributed by atoms with Crippen molar-refractivity contribution in [2.24, 2.45) is 10.9 Å². The van der Waals surface area contributed by atoms with Crippen molar-refractivity contribution in [2.75, 3.05) is 0 Å². The number of rotatable bonds is 8. The van der Waals surface area contributed by atoms with Gasteiger partial charge in [-0.05, 0) is 42.0 Å². The second-order valence-electron chi connectivity index (χ2n) is 6.42. The maximum atomic E-state index is 5.99. The minimum Gasteiger partial charge on any atom is -0.489 e. The maximum Gasteiger partial charge on any atom is 0.257 e. The second kappa shape index (κ2) is 9.38. The number of nitrogens with zero attached hydrogens (tertiary/aromatic N) is 3. The molecule has 0 unspecified atom stereocenters. The minimum absolute atomic E-state index is 0.0266. The highest BCUT2D eigenvalue weighted by Crippen LogP contribution is 2.17. The van der Waals surface area contributed by atoms with Crippen LogP contribution in [-0.2, 0) is 18.1 Å². The van der Waals surface area contributed by atoms with Crippen LogP contribution in [0.25, 0.3) is 11.5 Å². The normalized spacial score (nSPS) is 11.3. The van der Waals surface area contributed by atoms with E-state index in [9.17, 15) is 0 Å². The van der Waals surface area contributed by atoms with Gasteiger partial charge in [0.1, 0.15) is 12.4 Å². The molecule has 0 aliphatic heterocycles. The fourth-order valence-corrected chi connectivity index (χ4v) is 2.68. The molecular formula is C23H20N4O3. The van der Waals surface area contributed by atoms with E-state index in [2.05, 4.69) is 15.4 Å². The summed E-state index contributed by atoms with van der Waals surface area (Å²) in [6.07, 6.45) is 0. The van der Waals surface area contributed by atoms with E-state index in [1.807, 2.05) is 84.9 Å². The van der Waals surface area contributed by atoms with E-state index < -0.39 is 0 Å². The van der Waals surface area contributed by atoms with E-state index in [-0.39, 0.29) is 12.4 Å². The van der Waals surface area contributed by atoms with Gasteiger partial charge < -0.3 is 19.7 Å². The molecule has 0 saturated carbocycles. The van der Waals surface area contributed by atoms with E-state index >= 15 is 0 Å². The number of benzene rings is 3. The molecular weight excluding hydrogens is 380 g/mol. The van der Waals surface area contributed by atoms with Crippen molar-refractivity contribution in [2.45, 2.75) is 13.2 Å². The van der Waals surface area contributed by atoms with Gasteiger partial charge >= 0.3 is 0 Å². The van der Waals surface area contributed by atoms with Gasteiger partial charge in [-0.3, -0.25) is 0 Å². The van der Waals surface area contributed by atoms with Crippen LogP contribution in [0.5, 0.6) is 5.75 Å². The topological polar surface area (TPSA) is 95.8 Å². The zero-order valence-corrected chi connectivity index (χ0v) is 16.1. The van der Waals surface area contributed by atoms with Gasteiger partial charge in [-0.25, -0.2) is 0 Å². The van der Waals surface area contributed by atoms with Crippen LogP contribution in [0.3, 0.4) is 0 Å². The Hall–Kier alpha value is -4.13. The fraction of sp³-hybridized carbons (Fsp3) is 0.0870. The smallest absolute Gasteiger partial charge is 0.257 e. The van der Waals surface area contributed by atoms with Crippen molar-refractivity contribution < 1.29 is 14.0 Å². The second-order valence-corrected chi connectivity index (χ2v) is 6.42. The van der Waals surface area contributed by atoms with Crippen LogP contribution >= 0.6 is 0 Å². The lowest BCUT2D eigenvalue weighted by molar-refractivity contribution is 0.111. The van der Waals surface area contributed by atoms with Crippen molar-refractivity contribution in [1.29, 1.82) is 0 Å².